The van der Waals surface area contributed by atoms with Gasteiger partial charge in [-0.25, -0.2) is 8.42 Å². The average Bonchev–Trinajstić information content (AvgIpc) is 2.52. The first-order valence-corrected chi connectivity index (χ1v) is 9.89. The van der Waals surface area contributed by atoms with E-state index in [4.69, 9.17) is 4.74 Å². The maximum Gasteiger partial charge on any atom is 0.262 e. The normalized spacial score (nSPS) is 11.7. The molecule has 0 aliphatic carbocycles. The zero-order valence-corrected chi connectivity index (χ0v) is 16.8. The number of hydrogen-bond acceptors (Lipinski definition) is 3. The predicted octanol–water partition coefficient (Wildman–Crippen LogP) is 4.82. The third kappa shape index (κ3) is 3.98. The van der Waals surface area contributed by atoms with Gasteiger partial charge in [-0.3, -0.25) is 4.72 Å². The van der Waals surface area contributed by atoms with E-state index in [1.165, 1.54) is 0 Å². The lowest BCUT2D eigenvalue weighted by molar-refractivity contribution is 0.242. The summed E-state index contributed by atoms with van der Waals surface area (Å²) in [6, 6.07) is 6.97. The Kier molecular flexibility index (Phi) is 5.47. The van der Waals surface area contributed by atoms with E-state index in [0.29, 0.717) is 16.3 Å². The molecule has 0 fully saturated rings. The SMILES string of the molecule is Cc1c(C)c(C)c(S(=O)(=O)Nc2ccc(OC(C)C)cc2)c(C)c1C. The third-order valence-electron chi connectivity index (χ3n) is 4.68. The molecule has 0 bridgehead atoms. The van der Waals surface area contributed by atoms with Crippen molar-refractivity contribution < 1.29 is 13.2 Å². The van der Waals surface area contributed by atoms with E-state index in [2.05, 4.69) is 4.72 Å². The monoisotopic (exact) mass is 361 g/mol. The molecule has 4 nitrogen and oxygen atoms in total. The maximum absolute atomic E-state index is 13.0. The quantitative estimate of drug-likeness (QED) is 0.831. The summed E-state index contributed by atoms with van der Waals surface area (Å²) in [6.45, 7) is 13.6. The number of hydrogen-bond donors (Lipinski definition) is 1. The van der Waals surface area contributed by atoms with Gasteiger partial charge in [-0.05, 0) is 101 Å². The van der Waals surface area contributed by atoms with Crippen LogP contribution in [0.1, 0.15) is 41.7 Å². The van der Waals surface area contributed by atoms with Crippen molar-refractivity contribution in [1.29, 1.82) is 0 Å². The zero-order chi connectivity index (χ0) is 18.9. The largest absolute Gasteiger partial charge is 0.491 e. The number of ether oxygens (including phenoxy) is 1. The van der Waals surface area contributed by atoms with E-state index in [0.717, 1.165) is 27.8 Å². The van der Waals surface area contributed by atoms with Crippen LogP contribution in [0.15, 0.2) is 29.2 Å². The van der Waals surface area contributed by atoms with E-state index in [1.807, 2.05) is 48.5 Å². The van der Waals surface area contributed by atoms with Crippen LogP contribution in [0.4, 0.5) is 5.69 Å². The van der Waals surface area contributed by atoms with Crippen molar-refractivity contribution in [1.82, 2.24) is 0 Å². The highest BCUT2D eigenvalue weighted by Gasteiger charge is 2.23. The fourth-order valence-electron chi connectivity index (χ4n) is 2.95. The van der Waals surface area contributed by atoms with Gasteiger partial charge in [-0.2, -0.15) is 0 Å². The Morgan fingerprint density at radius 1 is 0.800 bits per heavy atom. The van der Waals surface area contributed by atoms with Gasteiger partial charge in [0.2, 0.25) is 0 Å². The summed E-state index contributed by atoms with van der Waals surface area (Å²) >= 11 is 0. The van der Waals surface area contributed by atoms with Gasteiger partial charge in [0.05, 0.1) is 11.0 Å². The molecule has 2 rings (SSSR count). The van der Waals surface area contributed by atoms with E-state index < -0.39 is 10.0 Å². The summed E-state index contributed by atoms with van der Waals surface area (Å²) in [7, 11) is -3.66. The average molecular weight is 362 g/mol. The van der Waals surface area contributed by atoms with Gasteiger partial charge >= 0.3 is 0 Å². The van der Waals surface area contributed by atoms with Crippen molar-refractivity contribution in [3.8, 4) is 5.75 Å². The lowest BCUT2D eigenvalue weighted by Gasteiger charge is -2.19. The fourth-order valence-corrected chi connectivity index (χ4v) is 4.61. The zero-order valence-electron chi connectivity index (χ0n) is 16.0. The molecule has 0 atom stereocenters. The molecule has 0 radical (unpaired) electrons. The molecule has 0 heterocycles. The minimum absolute atomic E-state index is 0.0753. The molecular weight excluding hydrogens is 334 g/mol. The Bertz CT molecular complexity index is 853. The summed E-state index contributed by atoms with van der Waals surface area (Å²) < 4.78 is 34.2. The van der Waals surface area contributed by atoms with Gasteiger partial charge in [0.25, 0.3) is 10.0 Å². The number of sulfonamides is 1. The summed E-state index contributed by atoms with van der Waals surface area (Å²) in [5.74, 6) is 0.715. The van der Waals surface area contributed by atoms with E-state index in [9.17, 15) is 8.42 Å². The summed E-state index contributed by atoms with van der Waals surface area (Å²) in [5.41, 5.74) is 5.30. The van der Waals surface area contributed by atoms with Crippen LogP contribution >= 0.6 is 0 Å². The molecule has 25 heavy (non-hydrogen) atoms. The number of nitrogens with one attached hydrogen (secondary N) is 1. The molecule has 0 unspecified atom stereocenters. The Labute approximate surface area is 151 Å². The van der Waals surface area contributed by atoms with E-state index in [-0.39, 0.29) is 6.10 Å². The fraction of sp³-hybridized carbons (Fsp3) is 0.400. The number of rotatable bonds is 5. The topological polar surface area (TPSA) is 55.4 Å². The highest BCUT2D eigenvalue weighted by molar-refractivity contribution is 7.92. The second kappa shape index (κ2) is 7.08. The second-order valence-electron chi connectivity index (χ2n) is 6.75. The first-order chi connectivity index (χ1) is 11.5. The summed E-state index contributed by atoms with van der Waals surface area (Å²) in [6.07, 6.45) is 0.0753. The van der Waals surface area contributed by atoms with Crippen molar-refractivity contribution in [2.45, 2.75) is 59.5 Å². The Morgan fingerprint density at radius 2 is 1.24 bits per heavy atom. The van der Waals surface area contributed by atoms with Crippen LogP contribution < -0.4 is 9.46 Å². The van der Waals surface area contributed by atoms with Gasteiger partial charge < -0.3 is 4.74 Å². The molecule has 0 saturated heterocycles. The van der Waals surface area contributed by atoms with Crippen LogP contribution in [-0.2, 0) is 10.0 Å². The molecular formula is C20H27NO3S. The lowest BCUT2D eigenvalue weighted by atomic mass is 9.95. The molecule has 0 aliphatic rings. The lowest BCUT2D eigenvalue weighted by Crippen LogP contribution is -2.17. The summed E-state index contributed by atoms with van der Waals surface area (Å²) in [4.78, 5) is 0.371. The van der Waals surface area contributed by atoms with Gasteiger partial charge in [0, 0.05) is 5.69 Å². The first-order valence-electron chi connectivity index (χ1n) is 8.41. The Morgan fingerprint density at radius 3 is 1.68 bits per heavy atom. The number of benzene rings is 2. The van der Waals surface area contributed by atoms with Crippen molar-refractivity contribution in [2.75, 3.05) is 4.72 Å². The molecule has 1 N–H and O–H groups in total. The molecule has 0 aromatic heterocycles. The van der Waals surface area contributed by atoms with Crippen molar-refractivity contribution in [2.24, 2.45) is 0 Å². The minimum atomic E-state index is -3.66. The standard InChI is InChI=1S/C20H27NO3S/c1-12(2)24-19-10-8-18(9-11-19)21-25(22,23)20-16(6)14(4)13(3)15(5)17(20)7/h8-12,21H,1-7H3. The van der Waals surface area contributed by atoms with Gasteiger partial charge in [-0.1, -0.05) is 0 Å². The van der Waals surface area contributed by atoms with E-state index >= 15 is 0 Å². The van der Waals surface area contributed by atoms with Crippen LogP contribution in [0.25, 0.3) is 0 Å². The third-order valence-corrected chi connectivity index (χ3v) is 6.33. The molecule has 2 aromatic rings. The number of anilines is 1. The van der Waals surface area contributed by atoms with Gasteiger partial charge in [-0.15, -0.1) is 0 Å². The van der Waals surface area contributed by atoms with Gasteiger partial charge in [0.15, 0.2) is 0 Å². The molecule has 0 spiro atoms. The highest BCUT2D eigenvalue weighted by Crippen LogP contribution is 2.31. The maximum atomic E-state index is 13.0. The molecule has 0 amide bonds. The minimum Gasteiger partial charge on any atom is -0.491 e. The highest BCUT2D eigenvalue weighted by atomic mass is 32.2. The molecule has 0 saturated carbocycles. The van der Waals surface area contributed by atoms with Crippen molar-refractivity contribution >= 4 is 15.7 Å². The van der Waals surface area contributed by atoms with Gasteiger partial charge in [0.1, 0.15) is 5.75 Å². The second-order valence-corrected chi connectivity index (χ2v) is 8.37. The molecule has 0 aliphatic heterocycles. The van der Waals surface area contributed by atoms with Crippen LogP contribution in [0.3, 0.4) is 0 Å². The Balaban J connectivity index is 2.41. The van der Waals surface area contributed by atoms with Crippen molar-refractivity contribution in [3.63, 3.8) is 0 Å². The van der Waals surface area contributed by atoms with Crippen LogP contribution in [0.5, 0.6) is 5.75 Å². The molecule has 5 heteroatoms. The van der Waals surface area contributed by atoms with Crippen LogP contribution in [0.2, 0.25) is 0 Å². The first kappa shape index (κ1) is 19.3. The Hall–Kier alpha value is -2.01. The van der Waals surface area contributed by atoms with Crippen molar-refractivity contribution in [3.05, 3.63) is 52.1 Å². The van der Waals surface area contributed by atoms with E-state index in [1.54, 1.807) is 24.3 Å². The molecule has 136 valence electrons. The summed E-state index contributed by atoms with van der Waals surface area (Å²) in [5, 5.41) is 0. The van der Waals surface area contributed by atoms with Crippen LogP contribution in [-0.4, -0.2) is 14.5 Å². The predicted molar refractivity (Wildman–Crippen MR) is 103 cm³/mol. The molecule has 2 aromatic carbocycles. The van der Waals surface area contributed by atoms with Crippen LogP contribution in [0, 0.1) is 34.6 Å². The smallest absolute Gasteiger partial charge is 0.262 e.